The number of carbonyl (C=O) groups excluding carboxylic acids is 2. The summed E-state index contributed by atoms with van der Waals surface area (Å²) in [6, 6.07) is 2.00. The minimum absolute atomic E-state index is 0.0940. The predicted octanol–water partition coefficient (Wildman–Crippen LogP) is 2.39. The highest BCUT2D eigenvalue weighted by molar-refractivity contribution is 5.94. The van der Waals surface area contributed by atoms with Gasteiger partial charge in [-0.25, -0.2) is 0 Å². The van der Waals surface area contributed by atoms with Gasteiger partial charge in [0.2, 0.25) is 6.41 Å². The van der Waals surface area contributed by atoms with Gasteiger partial charge in [0.25, 0.3) is 5.91 Å². The van der Waals surface area contributed by atoms with Crippen LogP contribution in [0.4, 0.5) is 5.82 Å². The Bertz CT molecular complexity index is 783. The summed E-state index contributed by atoms with van der Waals surface area (Å²) in [6.45, 7) is 6.49. The zero-order valence-electron chi connectivity index (χ0n) is 14.2. The summed E-state index contributed by atoms with van der Waals surface area (Å²) < 4.78 is 0. The number of H-pyrrole nitrogens is 1. The highest BCUT2D eigenvalue weighted by Crippen LogP contribution is 2.32. The molecular formula is C19H22N4O2. The first-order valence-electron chi connectivity index (χ1n) is 8.78. The van der Waals surface area contributed by atoms with Crippen molar-refractivity contribution in [2.45, 2.75) is 25.7 Å². The third-order valence-electron chi connectivity index (χ3n) is 5.07. The Morgan fingerprint density at radius 3 is 2.72 bits per heavy atom. The number of hydrogen-bond acceptors (Lipinski definition) is 3. The molecular weight excluding hydrogens is 316 g/mol. The fourth-order valence-electron chi connectivity index (χ4n) is 3.74. The fraction of sp³-hybridized carbons (Fsp3) is 0.368. The van der Waals surface area contributed by atoms with Crippen LogP contribution in [-0.2, 0) is 11.2 Å². The number of hydrogen-bond donors (Lipinski definition) is 1. The molecule has 1 aromatic heterocycles. The van der Waals surface area contributed by atoms with Crippen LogP contribution in [0.25, 0.3) is 0 Å². The number of likely N-dealkylation sites (tertiary alicyclic amines) is 1. The van der Waals surface area contributed by atoms with E-state index >= 15 is 0 Å². The second-order valence-electron chi connectivity index (χ2n) is 6.70. The van der Waals surface area contributed by atoms with E-state index in [4.69, 9.17) is 0 Å². The van der Waals surface area contributed by atoms with Crippen molar-refractivity contribution < 1.29 is 9.59 Å². The largest absolute Gasteiger partial charge is 0.337 e. The van der Waals surface area contributed by atoms with Gasteiger partial charge in [-0.3, -0.25) is 14.5 Å². The highest BCUT2D eigenvalue weighted by atomic mass is 16.2. The number of allylic oxidation sites excluding steroid dienone is 2. The number of amides is 2. The van der Waals surface area contributed by atoms with Crippen LogP contribution in [-0.4, -0.2) is 46.7 Å². The van der Waals surface area contributed by atoms with Crippen LogP contribution in [0.15, 0.2) is 42.4 Å². The van der Waals surface area contributed by atoms with Crippen LogP contribution in [0.5, 0.6) is 0 Å². The van der Waals surface area contributed by atoms with Gasteiger partial charge in [0.1, 0.15) is 11.5 Å². The zero-order valence-corrected chi connectivity index (χ0v) is 14.2. The molecule has 6 nitrogen and oxygen atoms in total. The second kappa shape index (κ2) is 6.27. The van der Waals surface area contributed by atoms with E-state index in [1.807, 2.05) is 23.1 Å². The molecule has 0 saturated carbocycles. The molecule has 3 aliphatic rings. The number of aryl methyl sites for hydroxylation is 1. The van der Waals surface area contributed by atoms with E-state index in [0.717, 1.165) is 63.2 Å². The molecule has 0 aromatic carbocycles. The Labute approximate surface area is 147 Å². The van der Waals surface area contributed by atoms with E-state index in [1.165, 1.54) is 10.5 Å². The molecule has 3 aliphatic heterocycles. The van der Waals surface area contributed by atoms with E-state index < -0.39 is 0 Å². The van der Waals surface area contributed by atoms with Gasteiger partial charge in [0.15, 0.2) is 0 Å². The Morgan fingerprint density at radius 2 is 2.00 bits per heavy atom. The smallest absolute Gasteiger partial charge is 0.270 e. The Morgan fingerprint density at radius 1 is 1.20 bits per heavy atom. The molecule has 130 valence electrons. The summed E-state index contributed by atoms with van der Waals surface area (Å²) in [5.41, 5.74) is 3.46. The molecule has 6 heteroatoms. The molecule has 25 heavy (non-hydrogen) atoms. The van der Waals surface area contributed by atoms with Gasteiger partial charge in [0, 0.05) is 37.2 Å². The zero-order chi connectivity index (χ0) is 17.4. The molecule has 2 amide bonds. The number of aromatic nitrogens is 1. The number of carbonyl (C=O) groups is 2. The first-order chi connectivity index (χ1) is 12.2. The molecule has 1 saturated heterocycles. The van der Waals surface area contributed by atoms with Crippen molar-refractivity contribution in [1.82, 2.24) is 14.8 Å². The van der Waals surface area contributed by atoms with Crippen molar-refractivity contribution in [3.05, 3.63) is 53.6 Å². The summed E-state index contributed by atoms with van der Waals surface area (Å²) in [4.78, 5) is 32.5. The predicted molar refractivity (Wildman–Crippen MR) is 95.9 cm³/mol. The molecule has 1 fully saturated rings. The lowest BCUT2D eigenvalue weighted by Crippen LogP contribution is -2.30. The normalized spacial score (nSPS) is 19.9. The first kappa shape index (κ1) is 15.7. The molecule has 0 bridgehead atoms. The SMILES string of the molecule is C=C1C=C(N2CCCc3cc(C(=O)N4CCCC4)[nH]c32)C=CN1C=O. The van der Waals surface area contributed by atoms with Crippen molar-refractivity contribution >= 4 is 18.1 Å². The average molecular weight is 338 g/mol. The maximum absolute atomic E-state index is 12.7. The Hall–Kier alpha value is -2.76. The summed E-state index contributed by atoms with van der Waals surface area (Å²) in [5.74, 6) is 1.08. The van der Waals surface area contributed by atoms with Crippen LogP contribution in [0.2, 0.25) is 0 Å². The Kier molecular flexibility index (Phi) is 3.95. The van der Waals surface area contributed by atoms with Crippen molar-refractivity contribution in [3.8, 4) is 0 Å². The minimum atomic E-state index is 0.0940. The lowest BCUT2D eigenvalue weighted by atomic mass is 10.1. The lowest BCUT2D eigenvalue weighted by Gasteiger charge is -2.32. The average Bonchev–Trinajstić information content (AvgIpc) is 3.30. The van der Waals surface area contributed by atoms with Gasteiger partial charge in [-0.05, 0) is 49.5 Å². The summed E-state index contributed by atoms with van der Waals surface area (Å²) in [7, 11) is 0. The quantitative estimate of drug-likeness (QED) is 0.861. The number of aromatic amines is 1. The minimum Gasteiger partial charge on any atom is -0.337 e. The maximum atomic E-state index is 12.7. The molecule has 0 radical (unpaired) electrons. The number of anilines is 1. The second-order valence-corrected chi connectivity index (χ2v) is 6.70. The van der Waals surface area contributed by atoms with E-state index in [0.29, 0.717) is 11.4 Å². The summed E-state index contributed by atoms with van der Waals surface area (Å²) in [6.07, 6.45) is 10.4. The van der Waals surface area contributed by atoms with Gasteiger partial charge in [-0.1, -0.05) is 6.58 Å². The molecule has 0 aliphatic carbocycles. The van der Waals surface area contributed by atoms with Gasteiger partial charge in [0.05, 0.1) is 0 Å². The van der Waals surface area contributed by atoms with Crippen molar-refractivity contribution in [3.63, 3.8) is 0 Å². The van der Waals surface area contributed by atoms with E-state index in [2.05, 4.69) is 16.5 Å². The van der Waals surface area contributed by atoms with E-state index in [9.17, 15) is 9.59 Å². The molecule has 4 heterocycles. The molecule has 0 unspecified atom stereocenters. The van der Waals surface area contributed by atoms with Gasteiger partial charge in [-0.15, -0.1) is 0 Å². The highest BCUT2D eigenvalue weighted by Gasteiger charge is 2.27. The third kappa shape index (κ3) is 2.77. The van der Waals surface area contributed by atoms with E-state index in [-0.39, 0.29) is 5.91 Å². The maximum Gasteiger partial charge on any atom is 0.270 e. The summed E-state index contributed by atoms with van der Waals surface area (Å²) in [5, 5.41) is 0. The summed E-state index contributed by atoms with van der Waals surface area (Å²) >= 11 is 0. The van der Waals surface area contributed by atoms with Crippen LogP contribution >= 0.6 is 0 Å². The fourth-order valence-corrected chi connectivity index (χ4v) is 3.74. The van der Waals surface area contributed by atoms with Gasteiger partial charge in [-0.2, -0.15) is 0 Å². The molecule has 0 atom stereocenters. The van der Waals surface area contributed by atoms with Crippen LogP contribution < -0.4 is 4.90 Å². The van der Waals surface area contributed by atoms with Crippen molar-refractivity contribution in [2.75, 3.05) is 24.5 Å². The standard InChI is InChI=1S/C19H22N4O2/c1-14-11-16(6-10-22(14)13-24)23-9-4-5-15-12-17(20-18(15)23)19(25)21-7-2-3-8-21/h6,10-13,20H,1-5,7-9H2. The number of rotatable bonds is 3. The van der Waals surface area contributed by atoms with Crippen molar-refractivity contribution in [2.24, 2.45) is 0 Å². The monoisotopic (exact) mass is 338 g/mol. The third-order valence-corrected chi connectivity index (χ3v) is 5.07. The molecule has 1 aromatic rings. The van der Waals surface area contributed by atoms with Crippen LogP contribution in [0, 0.1) is 0 Å². The van der Waals surface area contributed by atoms with Gasteiger partial charge < -0.3 is 14.8 Å². The number of nitrogens with one attached hydrogen (secondary N) is 1. The van der Waals surface area contributed by atoms with Crippen molar-refractivity contribution in [1.29, 1.82) is 0 Å². The topological polar surface area (TPSA) is 59.7 Å². The number of nitrogens with zero attached hydrogens (tertiary/aromatic N) is 3. The molecule has 1 N–H and O–H groups in total. The van der Waals surface area contributed by atoms with Gasteiger partial charge >= 0.3 is 0 Å². The lowest BCUT2D eigenvalue weighted by molar-refractivity contribution is -0.114. The van der Waals surface area contributed by atoms with Crippen LogP contribution in [0.3, 0.4) is 0 Å². The first-order valence-corrected chi connectivity index (χ1v) is 8.78. The van der Waals surface area contributed by atoms with E-state index in [1.54, 1.807) is 6.20 Å². The van der Waals surface area contributed by atoms with Crippen LogP contribution in [0.1, 0.15) is 35.3 Å². The Balaban J connectivity index is 1.62. The molecule has 4 rings (SSSR count). The number of fused-ring (bicyclic) bond motifs is 1. The molecule has 0 spiro atoms.